The van der Waals surface area contributed by atoms with Crippen molar-refractivity contribution in [1.29, 1.82) is 0 Å². The molecule has 0 saturated heterocycles. The molecule has 0 unspecified atom stereocenters. The molecule has 0 amide bonds. The summed E-state index contributed by atoms with van der Waals surface area (Å²) in [6.45, 7) is 1.94. The van der Waals surface area contributed by atoms with Crippen LogP contribution >= 0.6 is 0 Å². The average molecular weight is 234 g/mol. The Labute approximate surface area is 99.3 Å². The lowest BCUT2D eigenvalue weighted by Crippen LogP contribution is -2.27. The molecule has 0 aliphatic carbocycles. The van der Waals surface area contributed by atoms with Gasteiger partial charge in [0.1, 0.15) is 11.4 Å². The van der Waals surface area contributed by atoms with Crippen molar-refractivity contribution in [2.75, 3.05) is 19.6 Å². The Bertz CT molecular complexity index is 509. The van der Waals surface area contributed by atoms with Crippen molar-refractivity contribution in [1.82, 2.24) is 5.01 Å². The minimum Gasteiger partial charge on any atom is -0.494 e. The molecule has 17 heavy (non-hydrogen) atoms. The predicted molar refractivity (Wildman–Crippen MR) is 65.0 cm³/mol. The van der Waals surface area contributed by atoms with Crippen molar-refractivity contribution in [2.24, 2.45) is 0 Å². The highest BCUT2D eigenvalue weighted by molar-refractivity contribution is 5.92. The van der Waals surface area contributed by atoms with Crippen molar-refractivity contribution in [3.63, 3.8) is 0 Å². The van der Waals surface area contributed by atoms with Crippen LogP contribution in [-0.2, 0) is 0 Å². The maximum Gasteiger partial charge on any atom is 0.335 e. The van der Waals surface area contributed by atoms with E-state index < -0.39 is 5.97 Å². The number of aromatic carboxylic acids is 1. The maximum atomic E-state index is 11.0. The minimum absolute atomic E-state index is 0.219. The van der Waals surface area contributed by atoms with Crippen molar-refractivity contribution in [3.8, 4) is 5.75 Å². The quantitative estimate of drug-likeness (QED) is 0.819. The molecule has 0 aromatic heterocycles. The van der Waals surface area contributed by atoms with Gasteiger partial charge in [0.2, 0.25) is 0 Å². The van der Waals surface area contributed by atoms with Gasteiger partial charge in [-0.1, -0.05) is 0 Å². The largest absolute Gasteiger partial charge is 0.494 e. The molecule has 2 N–H and O–H groups in total. The minimum atomic E-state index is -0.962. The molecular formula is C12H14N2O3. The van der Waals surface area contributed by atoms with E-state index in [1.807, 2.05) is 25.1 Å². The summed E-state index contributed by atoms with van der Waals surface area (Å²) >= 11 is 0. The Morgan fingerprint density at radius 1 is 1.47 bits per heavy atom. The lowest BCUT2D eigenvalue weighted by Gasteiger charge is -2.29. The molecule has 1 aromatic rings. The van der Waals surface area contributed by atoms with Gasteiger partial charge in [0, 0.05) is 18.3 Å². The molecule has 1 aromatic carbocycles. The standard InChI is InChI=1S/C12H14N2O3/c1-7-4-8-5-9(12(15)16)6-10(17-3)11(8)13-14(7)2/h4-6,13H,1-3H3,(H,15,16). The number of hydrogen-bond donors (Lipinski definition) is 2. The van der Waals surface area contributed by atoms with Crippen LogP contribution < -0.4 is 10.2 Å². The number of allylic oxidation sites excluding steroid dienone is 1. The molecular weight excluding hydrogens is 220 g/mol. The van der Waals surface area contributed by atoms with Crippen molar-refractivity contribution in [3.05, 3.63) is 29.0 Å². The van der Waals surface area contributed by atoms with E-state index in [0.717, 1.165) is 16.9 Å². The van der Waals surface area contributed by atoms with Gasteiger partial charge in [-0.25, -0.2) is 4.79 Å². The summed E-state index contributed by atoms with van der Waals surface area (Å²) in [5.74, 6) is -0.438. The molecule has 90 valence electrons. The fraction of sp³-hybridized carbons (Fsp3) is 0.250. The summed E-state index contributed by atoms with van der Waals surface area (Å²) in [7, 11) is 3.41. The fourth-order valence-electron chi connectivity index (χ4n) is 1.73. The summed E-state index contributed by atoms with van der Waals surface area (Å²) in [4.78, 5) is 11.0. The number of fused-ring (bicyclic) bond motifs is 1. The van der Waals surface area contributed by atoms with E-state index in [0.29, 0.717) is 5.75 Å². The number of methoxy groups -OCH3 is 1. The van der Waals surface area contributed by atoms with Crippen LogP contribution in [-0.4, -0.2) is 30.2 Å². The van der Waals surface area contributed by atoms with E-state index in [1.54, 1.807) is 6.07 Å². The van der Waals surface area contributed by atoms with E-state index in [-0.39, 0.29) is 5.56 Å². The highest BCUT2D eigenvalue weighted by Crippen LogP contribution is 2.35. The first-order valence-corrected chi connectivity index (χ1v) is 5.17. The van der Waals surface area contributed by atoms with Gasteiger partial charge in [0.05, 0.1) is 12.7 Å². The van der Waals surface area contributed by atoms with Crippen LogP contribution in [0.15, 0.2) is 17.8 Å². The van der Waals surface area contributed by atoms with E-state index in [4.69, 9.17) is 9.84 Å². The second-order valence-corrected chi connectivity index (χ2v) is 3.90. The molecule has 2 rings (SSSR count). The fourth-order valence-corrected chi connectivity index (χ4v) is 1.73. The van der Waals surface area contributed by atoms with Gasteiger partial charge in [-0.05, 0) is 25.1 Å². The molecule has 0 spiro atoms. The van der Waals surface area contributed by atoms with E-state index in [1.165, 1.54) is 13.2 Å². The number of carboxylic acid groups (broad SMARTS) is 1. The smallest absolute Gasteiger partial charge is 0.335 e. The SMILES string of the molecule is COc1cc(C(=O)O)cc2c1NN(C)C(C)=C2. The molecule has 0 saturated carbocycles. The van der Waals surface area contributed by atoms with Crippen LogP contribution in [0.4, 0.5) is 5.69 Å². The number of nitrogens with one attached hydrogen (secondary N) is 1. The molecule has 1 aliphatic rings. The van der Waals surface area contributed by atoms with Crippen LogP contribution in [0.3, 0.4) is 0 Å². The van der Waals surface area contributed by atoms with Gasteiger partial charge in [-0.3, -0.25) is 10.4 Å². The number of carbonyl (C=O) groups is 1. The zero-order chi connectivity index (χ0) is 12.6. The first kappa shape index (κ1) is 11.3. The molecule has 0 atom stereocenters. The third-order valence-electron chi connectivity index (χ3n) is 2.77. The number of hydrazine groups is 1. The second kappa shape index (κ2) is 4.01. The van der Waals surface area contributed by atoms with Crippen molar-refractivity contribution >= 4 is 17.7 Å². The van der Waals surface area contributed by atoms with Crippen LogP contribution in [0, 0.1) is 0 Å². The Kier molecular flexibility index (Phi) is 2.67. The van der Waals surface area contributed by atoms with Gasteiger partial charge < -0.3 is 9.84 Å². The normalized spacial score (nSPS) is 13.6. The first-order chi connectivity index (χ1) is 8.02. The highest BCUT2D eigenvalue weighted by Gasteiger charge is 2.18. The van der Waals surface area contributed by atoms with Crippen molar-refractivity contribution in [2.45, 2.75) is 6.92 Å². The first-order valence-electron chi connectivity index (χ1n) is 5.17. The summed E-state index contributed by atoms with van der Waals surface area (Å²) < 4.78 is 5.21. The predicted octanol–water partition coefficient (Wildman–Crippen LogP) is 2.03. The van der Waals surface area contributed by atoms with Gasteiger partial charge in [0.15, 0.2) is 0 Å². The van der Waals surface area contributed by atoms with Gasteiger partial charge in [-0.15, -0.1) is 0 Å². The highest BCUT2D eigenvalue weighted by atomic mass is 16.5. The lowest BCUT2D eigenvalue weighted by atomic mass is 10.0. The molecule has 5 nitrogen and oxygen atoms in total. The summed E-state index contributed by atoms with van der Waals surface area (Å²) in [6.07, 6.45) is 1.92. The average Bonchev–Trinajstić information content (AvgIpc) is 2.29. The zero-order valence-corrected chi connectivity index (χ0v) is 9.94. The number of ether oxygens (including phenoxy) is 1. The van der Waals surface area contributed by atoms with Crippen LogP contribution in [0.25, 0.3) is 6.08 Å². The number of rotatable bonds is 2. The second-order valence-electron chi connectivity index (χ2n) is 3.90. The molecule has 5 heteroatoms. The van der Waals surface area contributed by atoms with Crippen LogP contribution in [0.1, 0.15) is 22.8 Å². The lowest BCUT2D eigenvalue weighted by molar-refractivity contribution is 0.0696. The van der Waals surface area contributed by atoms with Gasteiger partial charge >= 0.3 is 5.97 Å². The Morgan fingerprint density at radius 3 is 2.76 bits per heavy atom. The zero-order valence-electron chi connectivity index (χ0n) is 9.94. The molecule has 0 fully saturated rings. The number of benzene rings is 1. The maximum absolute atomic E-state index is 11.0. The molecule has 1 heterocycles. The third-order valence-corrected chi connectivity index (χ3v) is 2.77. The topological polar surface area (TPSA) is 61.8 Å². The monoisotopic (exact) mass is 234 g/mol. The number of carboxylic acids is 1. The number of anilines is 1. The third kappa shape index (κ3) is 1.91. The Morgan fingerprint density at radius 2 is 2.18 bits per heavy atom. The van der Waals surface area contributed by atoms with E-state index in [9.17, 15) is 4.79 Å². The van der Waals surface area contributed by atoms with E-state index in [2.05, 4.69) is 5.43 Å². The summed E-state index contributed by atoms with van der Waals surface area (Å²) in [5, 5.41) is 10.9. The Balaban J connectivity index is 2.61. The van der Waals surface area contributed by atoms with Gasteiger partial charge in [0.25, 0.3) is 0 Å². The summed E-state index contributed by atoms with van der Waals surface area (Å²) in [5.41, 5.74) is 5.96. The van der Waals surface area contributed by atoms with Crippen molar-refractivity contribution < 1.29 is 14.6 Å². The number of hydrogen-bond acceptors (Lipinski definition) is 4. The Hall–Kier alpha value is -2.17. The summed E-state index contributed by atoms with van der Waals surface area (Å²) in [6, 6.07) is 3.14. The molecule has 0 bridgehead atoms. The van der Waals surface area contributed by atoms with Crippen LogP contribution in [0.5, 0.6) is 5.75 Å². The number of nitrogens with zero attached hydrogens (tertiary/aromatic N) is 1. The molecule has 1 aliphatic heterocycles. The molecule has 0 radical (unpaired) electrons. The van der Waals surface area contributed by atoms with Crippen LogP contribution in [0.2, 0.25) is 0 Å². The van der Waals surface area contributed by atoms with E-state index >= 15 is 0 Å². The van der Waals surface area contributed by atoms with Gasteiger partial charge in [-0.2, -0.15) is 0 Å².